The van der Waals surface area contributed by atoms with Crippen LogP contribution >= 0.6 is 0 Å². The maximum atomic E-state index is 9.95. The van der Waals surface area contributed by atoms with E-state index in [-0.39, 0.29) is 11.3 Å². The molecule has 142 valence electrons. The third kappa shape index (κ3) is 2.59. The molecule has 0 unspecified atom stereocenters. The van der Waals surface area contributed by atoms with Crippen LogP contribution in [0.25, 0.3) is 10.8 Å². The Morgan fingerprint density at radius 3 is 2.61 bits per heavy atom. The Labute approximate surface area is 163 Å². The molecular formula is C22H22N4O2. The van der Waals surface area contributed by atoms with Gasteiger partial charge in [0.05, 0.1) is 18.6 Å². The smallest absolute Gasteiger partial charge is 0.244 e. The number of hydrogen-bond donors (Lipinski definition) is 2. The van der Waals surface area contributed by atoms with E-state index >= 15 is 0 Å². The van der Waals surface area contributed by atoms with Gasteiger partial charge in [0.15, 0.2) is 0 Å². The van der Waals surface area contributed by atoms with Crippen LogP contribution in [-0.2, 0) is 5.41 Å². The molecule has 4 rings (SSSR count). The van der Waals surface area contributed by atoms with E-state index < -0.39 is 5.92 Å². The Kier molecular flexibility index (Phi) is 4.04. The molecule has 28 heavy (non-hydrogen) atoms. The lowest BCUT2D eigenvalue weighted by atomic mass is 9.77. The number of nitrogens with one attached hydrogen (secondary N) is 1. The second-order valence-corrected chi connectivity index (χ2v) is 7.89. The van der Waals surface area contributed by atoms with Crippen molar-refractivity contribution in [3.05, 3.63) is 64.7 Å². The van der Waals surface area contributed by atoms with Crippen LogP contribution in [0.15, 0.2) is 47.9 Å². The fourth-order valence-electron chi connectivity index (χ4n) is 3.86. The molecule has 6 heteroatoms. The largest absolute Gasteiger partial charge is 0.496 e. The van der Waals surface area contributed by atoms with Gasteiger partial charge in [-0.25, -0.2) is 0 Å². The minimum absolute atomic E-state index is 0.0712. The molecule has 0 radical (unpaired) electrons. The third-order valence-electron chi connectivity index (χ3n) is 5.13. The molecule has 0 spiro atoms. The normalized spacial score (nSPS) is 16.5. The number of ether oxygens (including phenoxy) is 2. The summed E-state index contributed by atoms with van der Waals surface area (Å²) in [5.41, 5.74) is 8.87. The minimum Gasteiger partial charge on any atom is -0.496 e. The summed E-state index contributed by atoms with van der Waals surface area (Å²) in [5.74, 6) is 0.726. The lowest BCUT2D eigenvalue weighted by molar-refractivity contribution is 0.374. The summed E-state index contributed by atoms with van der Waals surface area (Å²) in [6.45, 7) is 6.27. The molecule has 1 aromatic heterocycles. The van der Waals surface area contributed by atoms with Gasteiger partial charge in [0.25, 0.3) is 0 Å². The van der Waals surface area contributed by atoms with Crippen LogP contribution < -0.4 is 15.2 Å². The van der Waals surface area contributed by atoms with Crippen molar-refractivity contribution in [3.8, 4) is 17.7 Å². The van der Waals surface area contributed by atoms with E-state index in [4.69, 9.17) is 15.2 Å². The first kappa shape index (κ1) is 17.9. The highest BCUT2D eigenvalue weighted by atomic mass is 16.5. The number of nitrogens with zero attached hydrogens (tertiary/aromatic N) is 2. The summed E-state index contributed by atoms with van der Waals surface area (Å²) in [6.07, 6.45) is 0. The van der Waals surface area contributed by atoms with Gasteiger partial charge in [-0.15, -0.1) is 5.10 Å². The highest BCUT2D eigenvalue weighted by Crippen LogP contribution is 2.49. The standard InChI is InChI=1S/C22H22N4O2/c1-22(2,3)19-18-17(14(11-23)20(24)28-21(18)26-25-19)16-13-8-6-5-7-12(13)9-10-15(16)27-4/h5-10,17H,24H2,1-4H3,(H,25,26)/t17-/m1/s1. The van der Waals surface area contributed by atoms with Crippen LogP contribution in [0.3, 0.4) is 0 Å². The lowest BCUT2D eigenvalue weighted by Crippen LogP contribution is -2.24. The lowest BCUT2D eigenvalue weighted by Gasteiger charge is -2.29. The summed E-state index contributed by atoms with van der Waals surface area (Å²) < 4.78 is 11.4. The predicted octanol–water partition coefficient (Wildman–Crippen LogP) is 4.09. The molecule has 0 aliphatic carbocycles. The van der Waals surface area contributed by atoms with Crippen molar-refractivity contribution in [1.82, 2.24) is 10.2 Å². The topological polar surface area (TPSA) is 96.9 Å². The molecule has 0 bridgehead atoms. The van der Waals surface area contributed by atoms with Gasteiger partial charge in [-0.05, 0) is 16.8 Å². The van der Waals surface area contributed by atoms with E-state index in [9.17, 15) is 5.26 Å². The molecule has 0 amide bonds. The van der Waals surface area contributed by atoms with Gasteiger partial charge in [-0.1, -0.05) is 51.1 Å². The summed E-state index contributed by atoms with van der Waals surface area (Å²) >= 11 is 0. The molecule has 0 saturated heterocycles. The maximum Gasteiger partial charge on any atom is 0.244 e. The van der Waals surface area contributed by atoms with Gasteiger partial charge in [-0.2, -0.15) is 5.26 Å². The molecule has 3 N–H and O–H groups in total. The number of benzene rings is 2. The van der Waals surface area contributed by atoms with Gasteiger partial charge in [0.2, 0.25) is 11.8 Å². The van der Waals surface area contributed by atoms with E-state index in [1.807, 2.05) is 36.4 Å². The van der Waals surface area contributed by atoms with Crippen LogP contribution in [0.1, 0.15) is 43.5 Å². The zero-order chi connectivity index (χ0) is 20.1. The summed E-state index contributed by atoms with van der Waals surface area (Å²) in [6, 6.07) is 14.2. The molecule has 2 heterocycles. The van der Waals surface area contributed by atoms with Gasteiger partial charge < -0.3 is 15.2 Å². The summed E-state index contributed by atoms with van der Waals surface area (Å²) in [4.78, 5) is 0. The predicted molar refractivity (Wildman–Crippen MR) is 107 cm³/mol. The summed E-state index contributed by atoms with van der Waals surface area (Å²) in [5, 5.41) is 19.4. The first-order valence-electron chi connectivity index (χ1n) is 9.08. The van der Waals surface area contributed by atoms with Crippen molar-refractivity contribution >= 4 is 10.8 Å². The summed E-state index contributed by atoms with van der Waals surface area (Å²) in [7, 11) is 1.63. The number of nitriles is 1. The Morgan fingerprint density at radius 2 is 1.93 bits per heavy atom. The number of fused-ring (bicyclic) bond motifs is 2. The molecule has 0 saturated carbocycles. The fourth-order valence-corrected chi connectivity index (χ4v) is 3.86. The molecule has 2 aromatic carbocycles. The number of methoxy groups -OCH3 is 1. The number of rotatable bonds is 2. The van der Waals surface area contributed by atoms with E-state index in [2.05, 4.69) is 37.0 Å². The molecule has 1 aliphatic heterocycles. The number of nitrogens with two attached hydrogens (primary N) is 1. The van der Waals surface area contributed by atoms with Crippen LogP contribution in [0.4, 0.5) is 0 Å². The Hall–Kier alpha value is -3.46. The van der Waals surface area contributed by atoms with Gasteiger partial charge >= 0.3 is 0 Å². The molecule has 0 fully saturated rings. The maximum absolute atomic E-state index is 9.95. The van der Waals surface area contributed by atoms with E-state index in [0.29, 0.717) is 17.2 Å². The van der Waals surface area contributed by atoms with Gasteiger partial charge in [-0.3, -0.25) is 5.10 Å². The quantitative estimate of drug-likeness (QED) is 0.704. The molecule has 3 aromatic rings. The van der Waals surface area contributed by atoms with Crippen molar-refractivity contribution in [1.29, 1.82) is 5.26 Å². The van der Waals surface area contributed by atoms with E-state index in [0.717, 1.165) is 27.6 Å². The van der Waals surface area contributed by atoms with E-state index in [1.54, 1.807) is 7.11 Å². The van der Waals surface area contributed by atoms with Crippen LogP contribution in [0, 0.1) is 11.3 Å². The Morgan fingerprint density at radius 1 is 1.18 bits per heavy atom. The number of H-pyrrole nitrogens is 1. The molecule has 1 atom stereocenters. The zero-order valence-corrected chi connectivity index (χ0v) is 16.3. The first-order valence-corrected chi connectivity index (χ1v) is 9.08. The highest BCUT2D eigenvalue weighted by Gasteiger charge is 2.39. The highest BCUT2D eigenvalue weighted by molar-refractivity contribution is 5.90. The average Bonchev–Trinajstić information content (AvgIpc) is 3.10. The Balaban J connectivity index is 2.12. The number of aromatic nitrogens is 2. The average molecular weight is 374 g/mol. The first-order chi connectivity index (χ1) is 13.4. The van der Waals surface area contributed by atoms with Crippen LogP contribution in [-0.4, -0.2) is 17.3 Å². The van der Waals surface area contributed by atoms with Gasteiger partial charge in [0, 0.05) is 16.7 Å². The van der Waals surface area contributed by atoms with Crippen molar-refractivity contribution in [3.63, 3.8) is 0 Å². The zero-order valence-electron chi connectivity index (χ0n) is 16.3. The number of hydrogen-bond acceptors (Lipinski definition) is 5. The van der Waals surface area contributed by atoms with Crippen molar-refractivity contribution < 1.29 is 9.47 Å². The number of aromatic amines is 1. The monoisotopic (exact) mass is 374 g/mol. The fraction of sp³-hybridized carbons (Fsp3) is 0.273. The minimum atomic E-state index is -0.442. The van der Waals surface area contributed by atoms with Crippen LogP contribution in [0.2, 0.25) is 0 Å². The van der Waals surface area contributed by atoms with Gasteiger partial charge in [0.1, 0.15) is 17.4 Å². The van der Waals surface area contributed by atoms with Crippen molar-refractivity contribution in [2.45, 2.75) is 32.1 Å². The van der Waals surface area contributed by atoms with E-state index in [1.165, 1.54) is 0 Å². The Bertz CT molecular complexity index is 1150. The molecule has 6 nitrogen and oxygen atoms in total. The second-order valence-electron chi connectivity index (χ2n) is 7.89. The van der Waals surface area contributed by atoms with Crippen molar-refractivity contribution in [2.75, 3.05) is 7.11 Å². The second kappa shape index (κ2) is 6.31. The van der Waals surface area contributed by atoms with Crippen LogP contribution in [0.5, 0.6) is 11.6 Å². The number of allylic oxidation sites excluding steroid dienone is 1. The SMILES string of the molecule is COc1ccc2ccccc2c1[C@H]1C(C#N)=C(N)Oc2n[nH]c(C(C)(C)C)c21. The van der Waals surface area contributed by atoms with Crippen molar-refractivity contribution in [2.24, 2.45) is 5.73 Å². The molecular weight excluding hydrogens is 352 g/mol. The molecule has 1 aliphatic rings. The third-order valence-corrected chi connectivity index (χ3v) is 5.13.